The minimum atomic E-state index is -0.993. The van der Waals surface area contributed by atoms with Gasteiger partial charge in [-0.05, 0) is 56.2 Å². The van der Waals surface area contributed by atoms with Gasteiger partial charge in [0.2, 0.25) is 11.9 Å². The van der Waals surface area contributed by atoms with Crippen LogP contribution in [-0.2, 0) is 30.4 Å². The third-order valence-electron chi connectivity index (χ3n) is 5.37. The summed E-state index contributed by atoms with van der Waals surface area (Å²) in [5, 5.41) is 8.49. The molecule has 2 amide bonds. The van der Waals surface area contributed by atoms with Crippen LogP contribution in [0.3, 0.4) is 0 Å². The van der Waals surface area contributed by atoms with Gasteiger partial charge in [-0.3, -0.25) is 29.5 Å². The Morgan fingerprint density at radius 2 is 1.77 bits per heavy atom. The van der Waals surface area contributed by atoms with E-state index in [-0.39, 0.29) is 48.9 Å². The van der Waals surface area contributed by atoms with Gasteiger partial charge in [0.05, 0.1) is 18.6 Å². The van der Waals surface area contributed by atoms with Crippen LogP contribution >= 0.6 is 0 Å². The Balaban J connectivity index is 1.62. The molecule has 206 valence electrons. The molecule has 0 bridgehead atoms. The lowest BCUT2D eigenvalue weighted by molar-refractivity contribution is -0.146. The molecular weight excluding hydrogens is 508 g/mol. The first-order valence-electron chi connectivity index (χ1n) is 12.3. The summed E-state index contributed by atoms with van der Waals surface area (Å²) in [5.74, 6) is -1.93. The van der Waals surface area contributed by atoms with Crippen LogP contribution in [0, 0.1) is 0 Å². The van der Waals surface area contributed by atoms with Gasteiger partial charge in [0.15, 0.2) is 5.65 Å². The van der Waals surface area contributed by atoms with E-state index in [1.54, 1.807) is 50.4 Å². The number of amides is 2. The van der Waals surface area contributed by atoms with Gasteiger partial charge in [-0.2, -0.15) is 4.98 Å². The summed E-state index contributed by atoms with van der Waals surface area (Å²) in [6, 6.07) is 7.20. The molecule has 1 aromatic carbocycles. The first kappa shape index (κ1) is 28.8. The molecule has 0 fully saturated rings. The van der Waals surface area contributed by atoms with Crippen LogP contribution in [0.4, 0.5) is 11.6 Å². The van der Waals surface area contributed by atoms with Crippen molar-refractivity contribution in [2.24, 2.45) is 0 Å². The molecule has 2 aromatic heterocycles. The standard InChI is InChI=1S/C26H30N6O7/c1-4-38-21(34)11-10-20(25(37)39-5-2)30-23(35)17-6-8-18(9-7-17)27-13-16-12-19-22(28-14-16)31-26(29-15(3)33)32-24(19)36/h6-9,12,14,20,27H,4-5,10-11,13H2,1-3H3,(H,30,35)(H2,28,29,31,32,33,36)/t20-/m1/s1. The topological polar surface area (TPSA) is 181 Å². The van der Waals surface area contributed by atoms with E-state index in [2.05, 4.69) is 30.9 Å². The number of nitrogens with zero attached hydrogens (tertiary/aromatic N) is 2. The second kappa shape index (κ2) is 13.7. The molecule has 13 heteroatoms. The molecule has 39 heavy (non-hydrogen) atoms. The van der Waals surface area contributed by atoms with Crippen molar-refractivity contribution in [2.75, 3.05) is 23.8 Å². The Labute approximate surface area is 223 Å². The van der Waals surface area contributed by atoms with Crippen molar-refractivity contribution in [1.82, 2.24) is 20.3 Å². The number of pyridine rings is 1. The van der Waals surface area contributed by atoms with Gasteiger partial charge in [-0.15, -0.1) is 0 Å². The summed E-state index contributed by atoms with van der Waals surface area (Å²) in [6.45, 7) is 5.34. The van der Waals surface area contributed by atoms with Crippen LogP contribution in [0.2, 0.25) is 0 Å². The molecule has 0 saturated carbocycles. The molecule has 13 nitrogen and oxygen atoms in total. The molecule has 3 aromatic rings. The highest BCUT2D eigenvalue weighted by Gasteiger charge is 2.24. The normalized spacial score (nSPS) is 11.4. The number of aromatic amines is 1. The molecule has 2 heterocycles. The van der Waals surface area contributed by atoms with E-state index in [9.17, 15) is 24.0 Å². The summed E-state index contributed by atoms with van der Waals surface area (Å²) in [7, 11) is 0. The van der Waals surface area contributed by atoms with Crippen LogP contribution in [0.1, 0.15) is 49.5 Å². The fraction of sp³-hybridized carbons (Fsp3) is 0.346. The summed E-state index contributed by atoms with van der Waals surface area (Å²) in [4.78, 5) is 71.1. The second-order valence-electron chi connectivity index (χ2n) is 8.36. The van der Waals surface area contributed by atoms with E-state index < -0.39 is 29.4 Å². The van der Waals surface area contributed by atoms with Gasteiger partial charge in [0.25, 0.3) is 11.5 Å². The lowest BCUT2D eigenvalue weighted by Crippen LogP contribution is -2.42. The fourth-order valence-corrected chi connectivity index (χ4v) is 3.56. The van der Waals surface area contributed by atoms with Crippen molar-refractivity contribution in [3.05, 3.63) is 58.0 Å². The zero-order chi connectivity index (χ0) is 28.4. The summed E-state index contributed by atoms with van der Waals surface area (Å²) in [5.41, 5.74) is 1.49. The van der Waals surface area contributed by atoms with Crippen molar-refractivity contribution < 1.29 is 28.7 Å². The molecular formula is C26H30N6O7. The number of benzene rings is 1. The van der Waals surface area contributed by atoms with Gasteiger partial charge < -0.3 is 20.1 Å². The van der Waals surface area contributed by atoms with E-state index in [4.69, 9.17) is 9.47 Å². The van der Waals surface area contributed by atoms with Gasteiger partial charge in [-0.1, -0.05) is 0 Å². The van der Waals surface area contributed by atoms with Gasteiger partial charge in [-0.25, -0.2) is 9.78 Å². The zero-order valence-electron chi connectivity index (χ0n) is 21.8. The number of anilines is 2. The van der Waals surface area contributed by atoms with Crippen LogP contribution in [-0.4, -0.2) is 58.0 Å². The number of esters is 2. The van der Waals surface area contributed by atoms with E-state index in [1.165, 1.54) is 6.92 Å². The maximum Gasteiger partial charge on any atom is 0.328 e. The Hall–Kier alpha value is -4.81. The maximum absolute atomic E-state index is 12.7. The lowest BCUT2D eigenvalue weighted by Gasteiger charge is -2.17. The number of fused-ring (bicyclic) bond motifs is 1. The summed E-state index contributed by atoms with van der Waals surface area (Å²) >= 11 is 0. The molecule has 1 atom stereocenters. The average Bonchev–Trinajstić information content (AvgIpc) is 2.90. The SMILES string of the molecule is CCOC(=O)CC[C@@H](NC(=O)c1ccc(NCc2cnc3nc(NC(C)=O)[nH]c(=O)c3c2)cc1)C(=O)OCC. The highest BCUT2D eigenvalue weighted by molar-refractivity contribution is 5.97. The highest BCUT2D eigenvalue weighted by Crippen LogP contribution is 2.14. The Morgan fingerprint density at radius 1 is 1.05 bits per heavy atom. The van der Waals surface area contributed by atoms with Crippen molar-refractivity contribution in [3.63, 3.8) is 0 Å². The third-order valence-corrected chi connectivity index (χ3v) is 5.37. The maximum atomic E-state index is 12.7. The predicted molar refractivity (Wildman–Crippen MR) is 142 cm³/mol. The lowest BCUT2D eigenvalue weighted by atomic mass is 10.1. The van der Waals surface area contributed by atoms with Crippen LogP contribution in [0.15, 0.2) is 41.3 Å². The monoisotopic (exact) mass is 538 g/mol. The van der Waals surface area contributed by atoms with Crippen LogP contribution < -0.4 is 21.5 Å². The fourth-order valence-electron chi connectivity index (χ4n) is 3.56. The Morgan fingerprint density at radius 3 is 2.44 bits per heavy atom. The molecule has 0 aliphatic rings. The Kier molecular flexibility index (Phi) is 10.1. The largest absolute Gasteiger partial charge is 0.466 e. The Bertz CT molecular complexity index is 1400. The number of carbonyl (C=O) groups excluding carboxylic acids is 4. The van der Waals surface area contributed by atoms with Crippen molar-refractivity contribution in [1.29, 1.82) is 0 Å². The first-order valence-corrected chi connectivity index (χ1v) is 12.3. The number of carbonyl (C=O) groups is 4. The average molecular weight is 539 g/mol. The number of hydrogen-bond donors (Lipinski definition) is 4. The molecule has 0 unspecified atom stereocenters. The molecule has 4 N–H and O–H groups in total. The molecule has 0 radical (unpaired) electrons. The number of H-pyrrole nitrogens is 1. The first-order chi connectivity index (χ1) is 18.7. The zero-order valence-corrected chi connectivity index (χ0v) is 21.8. The quantitative estimate of drug-likeness (QED) is 0.249. The highest BCUT2D eigenvalue weighted by atomic mass is 16.5. The number of aromatic nitrogens is 3. The van der Waals surface area contributed by atoms with Gasteiger partial charge in [0.1, 0.15) is 6.04 Å². The molecule has 3 rings (SSSR count). The van der Waals surface area contributed by atoms with Crippen molar-refractivity contribution >= 4 is 46.4 Å². The number of nitrogens with one attached hydrogen (secondary N) is 4. The van der Waals surface area contributed by atoms with Crippen molar-refractivity contribution in [2.45, 2.75) is 46.2 Å². The number of ether oxygens (including phenoxy) is 2. The third kappa shape index (κ3) is 8.35. The second-order valence-corrected chi connectivity index (χ2v) is 8.36. The van der Waals surface area contributed by atoms with Gasteiger partial charge >= 0.3 is 11.9 Å². The summed E-state index contributed by atoms with van der Waals surface area (Å²) in [6.07, 6.45) is 1.57. The van der Waals surface area contributed by atoms with Gasteiger partial charge in [0, 0.05) is 37.3 Å². The van der Waals surface area contributed by atoms with E-state index in [0.29, 0.717) is 23.4 Å². The van der Waals surface area contributed by atoms with E-state index in [0.717, 1.165) is 0 Å². The van der Waals surface area contributed by atoms with E-state index >= 15 is 0 Å². The molecule has 0 aliphatic carbocycles. The predicted octanol–water partition coefficient (Wildman–Crippen LogP) is 1.89. The summed E-state index contributed by atoms with van der Waals surface area (Å²) < 4.78 is 9.90. The smallest absolute Gasteiger partial charge is 0.328 e. The molecule has 0 aliphatic heterocycles. The van der Waals surface area contributed by atoms with Crippen LogP contribution in [0.5, 0.6) is 0 Å². The van der Waals surface area contributed by atoms with E-state index in [1.807, 2.05) is 0 Å². The number of rotatable bonds is 12. The minimum Gasteiger partial charge on any atom is -0.466 e. The molecule has 0 spiro atoms. The van der Waals surface area contributed by atoms with Crippen molar-refractivity contribution in [3.8, 4) is 0 Å². The molecule has 0 saturated heterocycles. The number of hydrogen-bond acceptors (Lipinski definition) is 10. The van der Waals surface area contributed by atoms with Crippen LogP contribution in [0.25, 0.3) is 11.0 Å². The minimum absolute atomic E-state index is 0.0232.